The van der Waals surface area contributed by atoms with E-state index in [4.69, 9.17) is 19.6 Å². The lowest BCUT2D eigenvalue weighted by Crippen LogP contribution is -2.40. The molecular weight excluding hydrogens is 446 g/mol. The van der Waals surface area contributed by atoms with Gasteiger partial charge in [0.1, 0.15) is 23.0 Å². The zero-order chi connectivity index (χ0) is 25.1. The molecule has 0 aliphatic carbocycles. The van der Waals surface area contributed by atoms with Crippen LogP contribution in [0.1, 0.15) is 17.2 Å². The Morgan fingerprint density at radius 1 is 1.00 bits per heavy atom. The third-order valence-corrected chi connectivity index (χ3v) is 5.74. The maximum atomic E-state index is 13.1. The van der Waals surface area contributed by atoms with Gasteiger partial charge in [-0.3, -0.25) is 4.90 Å². The smallest absolute Gasteiger partial charge is 0.355 e. The Hall–Kier alpha value is -4.77. The van der Waals surface area contributed by atoms with E-state index in [0.717, 1.165) is 11.3 Å². The van der Waals surface area contributed by atoms with E-state index in [1.165, 1.54) is 19.1 Å². The van der Waals surface area contributed by atoms with E-state index in [0.29, 0.717) is 17.0 Å². The third-order valence-electron chi connectivity index (χ3n) is 5.74. The molecule has 0 amide bonds. The van der Waals surface area contributed by atoms with Gasteiger partial charge in [0, 0.05) is 11.3 Å². The van der Waals surface area contributed by atoms with Gasteiger partial charge in [0.2, 0.25) is 0 Å². The molecule has 1 unspecified atom stereocenters. The van der Waals surface area contributed by atoms with Crippen molar-refractivity contribution < 1.29 is 23.5 Å². The van der Waals surface area contributed by atoms with Crippen LogP contribution in [-0.2, 0) is 19.1 Å². The number of ether oxygens (including phenoxy) is 2. The number of hydrogen-bond acceptors (Lipinski definition) is 8. The lowest BCUT2D eigenvalue weighted by Gasteiger charge is -2.36. The van der Waals surface area contributed by atoms with E-state index < -0.39 is 17.9 Å². The first-order valence-corrected chi connectivity index (χ1v) is 10.7. The Balaban J connectivity index is 2.01. The lowest BCUT2D eigenvalue weighted by atomic mass is 9.81. The van der Waals surface area contributed by atoms with Crippen LogP contribution in [0.3, 0.4) is 0 Å². The number of furan rings is 1. The van der Waals surface area contributed by atoms with Crippen molar-refractivity contribution in [2.45, 2.75) is 12.8 Å². The van der Waals surface area contributed by atoms with E-state index in [-0.39, 0.29) is 22.7 Å². The van der Waals surface area contributed by atoms with Gasteiger partial charge in [0.05, 0.1) is 37.4 Å². The number of hydrogen-bond donors (Lipinski definition) is 1. The second kappa shape index (κ2) is 9.61. The Bertz CT molecular complexity index is 1400. The maximum absolute atomic E-state index is 13.1. The molecule has 8 heteroatoms. The molecule has 4 rings (SSSR count). The van der Waals surface area contributed by atoms with Gasteiger partial charge in [-0.25, -0.2) is 9.59 Å². The topological polar surface area (TPSA) is 119 Å². The molecule has 1 aromatic heterocycles. The molecule has 2 aromatic carbocycles. The summed E-state index contributed by atoms with van der Waals surface area (Å²) in [5, 5.41) is 10.1. The molecule has 2 heterocycles. The molecule has 8 nitrogen and oxygen atoms in total. The first-order valence-electron chi connectivity index (χ1n) is 10.7. The van der Waals surface area contributed by atoms with Crippen LogP contribution in [0, 0.1) is 18.3 Å². The number of esters is 2. The number of nitrogens with zero attached hydrogens (tertiary/aromatic N) is 2. The highest BCUT2D eigenvalue weighted by Crippen LogP contribution is 2.43. The number of anilines is 1. The summed E-state index contributed by atoms with van der Waals surface area (Å²) in [5.74, 6) is -1.14. The van der Waals surface area contributed by atoms with Gasteiger partial charge in [-0.2, -0.15) is 5.26 Å². The van der Waals surface area contributed by atoms with Crippen molar-refractivity contribution in [1.29, 1.82) is 5.26 Å². The minimum absolute atomic E-state index is 0.00202. The molecular formula is C27H23N3O5. The summed E-state index contributed by atoms with van der Waals surface area (Å²) in [6, 6.07) is 21.7. The molecule has 0 bridgehead atoms. The Morgan fingerprint density at radius 3 is 2.31 bits per heavy atom. The largest absolute Gasteiger partial charge is 0.466 e. The van der Waals surface area contributed by atoms with E-state index in [9.17, 15) is 14.9 Å². The molecule has 0 spiro atoms. The molecule has 1 aliphatic heterocycles. The van der Waals surface area contributed by atoms with Crippen molar-refractivity contribution in [3.05, 3.63) is 101 Å². The second-order valence-electron chi connectivity index (χ2n) is 7.80. The number of methoxy groups -OCH3 is 2. The molecule has 176 valence electrons. The number of aryl methyl sites for hydroxylation is 1. The van der Waals surface area contributed by atoms with Crippen LogP contribution < -0.4 is 10.6 Å². The van der Waals surface area contributed by atoms with Crippen molar-refractivity contribution in [3.8, 4) is 17.4 Å². The Kier molecular flexibility index (Phi) is 6.42. The van der Waals surface area contributed by atoms with Crippen LogP contribution in [0.4, 0.5) is 5.69 Å². The van der Waals surface area contributed by atoms with Gasteiger partial charge < -0.3 is 19.6 Å². The highest BCUT2D eigenvalue weighted by atomic mass is 16.5. The molecule has 1 atom stereocenters. The van der Waals surface area contributed by atoms with Crippen molar-refractivity contribution in [2.24, 2.45) is 5.73 Å². The monoisotopic (exact) mass is 469 g/mol. The fourth-order valence-electron chi connectivity index (χ4n) is 4.17. The number of allylic oxidation sites excluding steroid dienone is 1. The maximum Gasteiger partial charge on any atom is 0.355 e. The molecule has 0 saturated carbocycles. The predicted molar refractivity (Wildman–Crippen MR) is 128 cm³/mol. The van der Waals surface area contributed by atoms with Crippen LogP contribution in [0.25, 0.3) is 11.3 Å². The van der Waals surface area contributed by atoms with Gasteiger partial charge in [0.15, 0.2) is 0 Å². The standard InChI is InChI=1S/C27H23N3O5/c1-16-12-13-21(35-16)18-10-7-11-19(14-18)30-24(27(32)34-3)23(26(31)33-2)22(20(15-28)25(30)29)17-8-5-4-6-9-17/h4-14,22H,29H2,1-3H3. The Morgan fingerprint density at radius 2 is 1.71 bits per heavy atom. The SMILES string of the molecule is COC(=O)C1=C(C(=O)OC)N(c2cccc(-c3ccc(C)o3)c2)C(N)=C(C#N)C1c1ccccc1. The fourth-order valence-corrected chi connectivity index (χ4v) is 4.17. The number of nitriles is 1. The van der Waals surface area contributed by atoms with Crippen LogP contribution in [0.5, 0.6) is 0 Å². The van der Waals surface area contributed by atoms with Crippen molar-refractivity contribution >= 4 is 17.6 Å². The van der Waals surface area contributed by atoms with Crippen LogP contribution in [0.15, 0.2) is 93.8 Å². The summed E-state index contributed by atoms with van der Waals surface area (Å²) >= 11 is 0. The molecule has 35 heavy (non-hydrogen) atoms. The summed E-state index contributed by atoms with van der Waals surface area (Å²) in [6.07, 6.45) is 0. The van der Waals surface area contributed by atoms with Gasteiger partial charge in [-0.15, -0.1) is 0 Å². The van der Waals surface area contributed by atoms with Crippen LogP contribution >= 0.6 is 0 Å². The second-order valence-corrected chi connectivity index (χ2v) is 7.80. The van der Waals surface area contributed by atoms with E-state index in [1.54, 1.807) is 42.5 Å². The first-order chi connectivity index (χ1) is 16.9. The third kappa shape index (κ3) is 4.15. The van der Waals surface area contributed by atoms with Gasteiger partial charge in [-0.05, 0) is 36.8 Å². The van der Waals surface area contributed by atoms with Crippen molar-refractivity contribution in [3.63, 3.8) is 0 Å². The molecule has 3 aromatic rings. The highest BCUT2D eigenvalue weighted by molar-refractivity contribution is 6.06. The van der Waals surface area contributed by atoms with E-state index in [2.05, 4.69) is 6.07 Å². The quantitative estimate of drug-likeness (QED) is 0.554. The predicted octanol–water partition coefficient (Wildman–Crippen LogP) is 4.15. The minimum Gasteiger partial charge on any atom is -0.466 e. The van der Waals surface area contributed by atoms with E-state index >= 15 is 0 Å². The number of benzene rings is 2. The molecule has 0 fully saturated rings. The first kappa shape index (κ1) is 23.4. The van der Waals surface area contributed by atoms with Gasteiger partial charge in [-0.1, -0.05) is 42.5 Å². The van der Waals surface area contributed by atoms with Crippen molar-refractivity contribution in [1.82, 2.24) is 0 Å². The normalized spacial score (nSPS) is 15.6. The van der Waals surface area contributed by atoms with E-state index in [1.807, 2.05) is 31.2 Å². The number of nitrogens with two attached hydrogens (primary N) is 1. The minimum atomic E-state index is -0.921. The molecule has 0 saturated heterocycles. The fraction of sp³-hybridized carbons (Fsp3) is 0.148. The molecule has 1 aliphatic rings. The summed E-state index contributed by atoms with van der Waals surface area (Å²) in [7, 11) is 2.42. The van der Waals surface area contributed by atoms with Crippen LogP contribution in [0.2, 0.25) is 0 Å². The summed E-state index contributed by atoms with van der Waals surface area (Å²) in [6.45, 7) is 1.84. The number of carbonyl (C=O) groups is 2. The lowest BCUT2D eigenvalue weighted by molar-refractivity contribution is -0.139. The number of carbonyl (C=O) groups excluding carboxylic acids is 2. The highest BCUT2D eigenvalue weighted by Gasteiger charge is 2.43. The number of rotatable bonds is 5. The Labute approximate surface area is 202 Å². The zero-order valence-corrected chi connectivity index (χ0v) is 19.4. The zero-order valence-electron chi connectivity index (χ0n) is 19.4. The summed E-state index contributed by atoms with van der Waals surface area (Å²) in [4.78, 5) is 27.6. The average Bonchev–Trinajstić information content (AvgIpc) is 3.33. The molecule has 2 N–H and O–H groups in total. The summed E-state index contributed by atoms with van der Waals surface area (Å²) in [5.41, 5.74) is 8.23. The van der Waals surface area contributed by atoms with Crippen molar-refractivity contribution in [2.75, 3.05) is 19.1 Å². The molecule has 0 radical (unpaired) electrons. The summed E-state index contributed by atoms with van der Waals surface area (Å²) < 4.78 is 15.9. The average molecular weight is 469 g/mol. The van der Waals surface area contributed by atoms with Gasteiger partial charge in [0.25, 0.3) is 0 Å². The van der Waals surface area contributed by atoms with Gasteiger partial charge >= 0.3 is 11.9 Å². The van der Waals surface area contributed by atoms with Crippen LogP contribution in [-0.4, -0.2) is 26.2 Å².